The molecule has 2 aromatic heterocycles. The maximum Gasteiger partial charge on any atom is 0.0847 e. The van der Waals surface area contributed by atoms with E-state index in [2.05, 4.69) is 37.9 Å². The van der Waals surface area contributed by atoms with E-state index in [0.29, 0.717) is 11.4 Å². The molecule has 18 heavy (non-hydrogen) atoms. The molecule has 0 fully saturated rings. The molecule has 0 radical (unpaired) electrons. The average Bonchev–Trinajstić information content (AvgIpc) is 2.84. The van der Waals surface area contributed by atoms with E-state index in [1.807, 2.05) is 18.7 Å². The van der Waals surface area contributed by atoms with Crippen LogP contribution in [-0.4, -0.2) is 9.78 Å². The molecule has 0 amide bonds. The van der Waals surface area contributed by atoms with Gasteiger partial charge in [-0.25, -0.2) is 0 Å². The fourth-order valence-corrected chi connectivity index (χ4v) is 3.34. The van der Waals surface area contributed by atoms with Crippen LogP contribution in [0.4, 0.5) is 0 Å². The molecule has 0 aliphatic carbocycles. The summed E-state index contributed by atoms with van der Waals surface area (Å²) in [6.07, 6.45) is 0.704. The van der Waals surface area contributed by atoms with E-state index in [1.54, 1.807) is 11.3 Å². The third kappa shape index (κ3) is 2.78. The van der Waals surface area contributed by atoms with Crippen LogP contribution < -0.4 is 11.3 Å². The number of hydrazine groups is 1. The first-order chi connectivity index (χ1) is 8.52. The van der Waals surface area contributed by atoms with Crippen molar-refractivity contribution in [2.24, 2.45) is 12.9 Å². The molecule has 0 bridgehead atoms. The number of hydrogen-bond donors (Lipinski definition) is 2. The van der Waals surface area contributed by atoms with Crippen LogP contribution >= 0.6 is 38.9 Å². The molecule has 0 aliphatic rings. The van der Waals surface area contributed by atoms with Gasteiger partial charge in [-0.1, -0.05) is 11.6 Å². The summed E-state index contributed by atoms with van der Waals surface area (Å²) >= 11 is 11.3. The number of aromatic nitrogens is 2. The maximum atomic E-state index is 6.25. The van der Waals surface area contributed by atoms with Crippen molar-refractivity contribution in [2.75, 3.05) is 0 Å². The van der Waals surface area contributed by atoms with Gasteiger partial charge in [-0.05, 0) is 39.9 Å². The number of halogens is 2. The number of nitrogens with two attached hydrogens (primary N) is 1. The second-order valence-corrected chi connectivity index (χ2v) is 6.75. The lowest BCUT2D eigenvalue weighted by atomic mass is 10.1. The summed E-state index contributed by atoms with van der Waals surface area (Å²) in [5.74, 6) is 5.64. The first-order valence-corrected chi connectivity index (χ1v) is 7.46. The Kier molecular flexibility index (Phi) is 4.45. The lowest BCUT2D eigenvalue weighted by Crippen LogP contribution is -2.29. The maximum absolute atomic E-state index is 6.25. The molecule has 0 spiro atoms. The van der Waals surface area contributed by atoms with Crippen LogP contribution in [0, 0.1) is 6.92 Å². The smallest absolute Gasteiger partial charge is 0.0847 e. The van der Waals surface area contributed by atoms with Gasteiger partial charge >= 0.3 is 0 Å². The van der Waals surface area contributed by atoms with E-state index in [9.17, 15) is 0 Å². The van der Waals surface area contributed by atoms with Crippen molar-refractivity contribution in [3.63, 3.8) is 0 Å². The molecule has 0 aliphatic heterocycles. The largest absolute Gasteiger partial charge is 0.271 e. The fraction of sp³-hybridized carbons (Fsp3) is 0.364. The van der Waals surface area contributed by atoms with Crippen molar-refractivity contribution in [1.82, 2.24) is 15.2 Å². The quantitative estimate of drug-likeness (QED) is 0.659. The Hall–Kier alpha value is -0.400. The summed E-state index contributed by atoms with van der Waals surface area (Å²) in [7, 11) is 1.89. The van der Waals surface area contributed by atoms with Crippen LogP contribution in [0.3, 0.4) is 0 Å². The topological polar surface area (TPSA) is 55.9 Å². The second-order valence-electron chi connectivity index (χ2n) is 4.08. The van der Waals surface area contributed by atoms with Gasteiger partial charge in [0.2, 0.25) is 0 Å². The second kappa shape index (κ2) is 5.71. The lowest BCUT2D eigenvalue weighted by molar-refractivity contribution is 0.531. The summed E-state index contributed by atoms with van der Waals surface area (Å²) in [6, 6.07) is 2.09. The molecule has 2 aromatic rings. The van der Waals surface area contributed by atoms with Crippen LogP contribution in [-0.2, 0) is 13.5 Å². The number of thiophene rings is 1. The molecule has 1 unspecified atom stereocenters. The van der Waals surface area contributed by atoms with E-state index < -0.39 is 0 Å². The Morgan fingerprint density at radius 3 is 2.83 bits per heavy atom. The van der Waals surface area contributed by atoms with Gasteiger partial charge in [0.25, 0.3) is 0 Å². The summed E-state index contributed by atoms with van der Waals surface area (Å²) in [4.78, 5) is 0. The van der Waals surface area contributed by atoms with Crippen molar-refractivity contribution in [1.29, 1.82) is 0 Å². The molecule has 98 valence electrons. The zero-order valence-electron chi connectivity index (χ0n) is 10.1. The minimum atomic E-state index is 0.0276. The summed E-state index contributed by atoms with van der Waals surface area (Å²) in [5, 5.41) is 7.10. The summed E-state index contributed by atoms with van der Waals surface area (Å²) < 4.78 is 2.90. The van der Waals surface area contributed by atoms with Crippen LogP contribution in [0.25, 0.3) is 0 Å². The highest BCUT2D eigenvalue weighted by molar-refractivity contribution is 9.11. The number of aryl methyl sites for hydroxylation is 2. The van der Waals surface area contributed by atoms with Crippen molar-refractivity contribution < 1.29 is 0 Å². The predicted octanol–water partition coefficient (Wildman–Crippen LogP) is 2.95. The zero-order valence-corrected chi connectivity index (χ0v) is 13.2. The highest BCUT2D eigenvalue weighted by Gasteiger charge is 2.18. The monoisotopic (exact) mass is 348 g/mol. The Morgan fingerprint density at radius 2 is 2.39 bits per heavy atom. The highest BCUT2D eigenvalue weighted by Crippen LogP contribution is 2.29. The van der Waals surface area contributed by atoms with Gasteiger partial charge in [0, 0.05) is 13.5 Å². The number of nitrogens with one attached hydrogen (secondary N) is 1. The van der Waals surface area contributed by atoms with Crippen LogP contribution in [0.1, 0.15) is 23.0 Å². The SMILES string of the molecule is Cc1nn(C)c(CC(NN)c2csc(Br)c2)c1Cl. The van der Waals surface area contributed by atoms with Gasteiger partial charge in [0.05, 0.1) is 26.2 Å². The summed E-state index contributed by atoms with van der Waals surface area (Å²) in [5.41, 5.74) is 5.80. The molecule has 2 rings (SSSR count). The molecule has 2 heterocycles. The van der Waals surface area contributed by atoms with Crippen molar-refractivity contribution in [2.45, 2.75) is 19.4 Å². The van der Waals surface area contributed by atoms with Gasteiger partial charge in [0.15, 0.2) is 0 Å². The first-order valence-electron chi connectivity index (χ1n) is 5.41. The standard InChI is InChI=1S/C11H14BrClN4S/c1-6-11(13)9(17(2)16-6)4-8(15-14)7-3-10(12)18-5-7/h3,5,8,15H,4,14H2,1-2H3. The number of rotatable bonds is 4. The number of hydrogen-bond acceptors (Lipinski definition) is 4. The van der Waals surface area contributed by atoms with Gasteiger partial charge in [-0.2, -0.15) is 5.10 Å². The molecule has 0 aromatic carbocycles. The van der Waals surface area contributed by atoms with Crippen LogP contribution in [0.15, 0.2) is 15.2 Å². The molecular weight excluding hydrogens is 336 g/mol. The molecule has 7 heteroatoms. The molecule has 1 atom stereocenters. The van der Waals surface area contributed by atoms with Crippen LogP contribution in [0.5, 0.6) is 0 Å². The van der Waals surface area contributed by atoms with Gasteiger partial charge < -0.3 is 0 Å². The Balaban J connectivity index is 2.25. The van der Waals surface area contributed by atoms with Gasteiger partial charge in [-0.15, -0.1) is 11.3 Å². The highest BCUT2D eigenvalue weighted by atomic mass is 79.9. The van der Waals surface area contributed by atoms with E-state index in [-0.39, 0.29) is 6.04 Å². The van der Waals surface area contributed by atoms with Gasteiger partial charge in [0.1, 0.15) is 0 Å². The average molecular weight is 350 g/mol. The molecule has 0 saturated heterocycles. The normalized spacial score (nSPS) is 12.9. The predicted molar refractivity (Wildman–Crippen MR) is 78.7 cm³/mol. The van der Waals surface area contributed by atoms with Crippen molar-refractivity contribution >= 4 is 38.9 Å². The Bertz CT molecular complexity index is 551. The third-order valence-corrected chi connectivity index (χ3v) is 4.86. The number of nitrogens with zero attached hydrogens (tertiary/aromatic N) is 2. The Morgan fingerprint density at radius 1 is 1.67 bits per heavy atom. The van der Waals surface area contributed by atoms with E-state index in [0.717, 1.165) is 20.7 Å². The molecule has 0 saturated carbocycles. The van der Waals surface area contributed by atoms with E-state index in [4.69, 9.17) is 17.4 Å². The molecule has 4 nitrogen and oxygen atoms in total. The minimum Gasteiger partial charge on any atom is -0.271 e. The first kappa shape index (κ1) is 14.0. The fourth-order valence-electron chi connectivity index (χ4n) is 1.87. The lowest BCUT2D eigenvalue weighted by Gasteiger charge is -2.15. The molecule has 3 N–H and O–H groups in total. The van der Waals surface area contributed by atoms with Crippen molar-refractivity contribution in [3.05, 3.63) is 37.2 Å². The zero-order chi connectivity index (χ0) is 13.3. The van der Waals surface area contributed by atoms with E-state index in [1.165, 1.54) is 0 Å². The van der Waals surface area contributed by atoms with Crippen LogP contribution in [0.2, 0.25) is 5.02 Å². The van der Waals surface area contributed by atoms with Gasteiger partial charge in [-0.3, -0.25) is 16.0 Å². The van der Waals surface area contributed by atoms with Crippen molar-refractivity contribution in [3.8, 4) is 0 Å². The third-order valence-electron chi connectivity index (χ3n) is 2.85. The molecular formula is C11H14BrClN4S. The van der Waals surface area contributed by atoms with E-state index >= 15 is 0 Å². The Labute approximate surface area is 123 Å². The summed E-state index contributed by atoms with van der Waals surface area (Å²) in [6.45, 7) is 1.90. The minimum absolute atomic E-state index is 0.0276.